The minimum absolute atomic E-state index is 0.245. The zero-order valence-corrected chi connectivity index (χ0v) is 16.9. The summed E-state index contributed by atoms with van der Waals surface area (Å²) >= 11 is 1.09. The molecule has 3 heterocycles. The van der Waals surface area contributed by atoms with E-state index in [9.17, 15) is 9.59 Å². The Hall–Kier alpha value is -3.07. The Bertz CT molecular complexity index is 994. The van der Waals surface area contributed by atoms with E-state index in [1.54, 1.807) is 30.8 Å². The number of hydrogen-bond donors (Lipinski definition) is 1. The molecule has 3 aromatic rings. The number of hydrogen-bond acceptors (Lipinski definition) is 7. The maximum absolute atomic E-state index is 12.7. The van der Waals surface area contributed by atoms with Gasteiger partial charge in [-0.2, -0.15) is 5.10 Å². The molecule has 3 aromatic heterocycles. The highest BCUT2D eigenvalue weighted by molar-refractivity contribution is 7.17. The number of aryl methyl sites for hydroxylation is 1. The predicted molar refractivity (Wildman–Crippen MR) is 106 cm³/mol. The first-order chi connectivity index (χ1) is 13.4. The van der Waals surface area contributed by atoms with E-state index in [1.165, 1.54) is 6.20 Å². The Morgan fingerprint density at radius 2 is 2.07 bits per heavy atom. The van der Waals surface area contributed by atoms with Gasteiger partial charge < -0.3 is 4.74 Å². The summed E-state index contributed by atoms with van der Waals surface area (Å²) in [6.45, 7) is 7.77. The van der Waals surface area contributed by atoms with E-state index in [0.29, 0.717) is 39.4 Å². The van der Waals surface area contributed by atoms with Gasteiger partial charge in [0.15, 0.2) is 10.9 Å². The summed E-state index contributed by atoms with van der Waals surface area (Å²) in [7, 11) is 0. The fraction of sp³-hybridized carbons (Fsp3) is 0.316. The second-order valence-corrected chi connectivity index (χ2v) is 7.62. The molecule has 1 N–H and O–H groups in total. The van der Waals surface area contributed by atoms with Crippen LogP contribution >= 0.6 is 11.3 Å². The summed E-state index contributed by atoms with van der Waals surface area (Å²) in [6.07, 6.45) is 3.14. The fourth-order valence-corrected chi connectivity index (χ4v) is 3.31. The molecule has 0 saturated carbocycles. The Balaban J connectivity index is 1.75. The molecule has 9 heteroatoms. The molecule has 0 aromatic carbocycles. The molecular weight excluding hydrogens is 378 g/mol. The third-order valence-corrected chi connectivity index (χ3v) is 4.92. The van der Waals surface area contributed by atoms with E-state index >= 15 is 0 Å². The summed E-state index contributed by atoms with van der Waals surface area (Å²) in [5.74, 6) is 0.0909. The highest BCUT2D eigenvalue weighted by Crippen LogP contribution is 2.24. The molecule has 28 heavy (non-hydrogen) atoms. The van der Waals surface area contributed by atoms with Crippen molar-refractivity contribution in [2.45, 2.75) is 27.7 Å². The number of nitrogens with zero attached hydrogens (tertiary/aromatic N) is 4. The molecular formula is C19H21N5O3S. The number of nitrogens with one attached hydrogen (secondary N) is 1. The van der Waals surface area contributed by atoms with Crippen molar-refractivity contribution in [3.05, 3.63) is 52.4 Å². The van der Waals surface area contributed by atoms with Crippen LogP contribution in [0, 0.1) is 19.8 Å². The van der Waals surface area contributed by atoms with Crippen LogP contribution in [0.2, 0.25) is 0 Å². The first kappa shape index (κ1) is 19.7. The maximum Gasteiger partial charge on any atom is 0.350 e. The van der Waals surface area contributed by atoms with Crippen LogP contribution in [0.15, 0.2) is 30.6 Å². The van der Waals surface area contributed by atoms with Crippen LogP contribution in [0.4, 0.5) is 5.13 Å². The number of pyridine rings is 1. The van der Waals surface area contributed by atoms with Gasteiger partial charge in [-0.1, -0.05) is 31.3 Å². The molecule has 0 spiro atoms. The van der Waals surface area contributed by atoms with Crippen LogP contribution in [-0.4, -0.2) is 38.2 Å². The zero-order chi connectivity index (χ0) is 20.3. The Morgan fingerprint density at radius 1 is 1.29 bits per heavy atom. The van der Waals surface area contributed by atoms with Crippen molar-refractivity contribution in [1.82, 2.24) is 19.7 Å². The Kier molecular flexibility index (Phi) is 5.84. The standard InChI is InChI=1S/C19H21N5O3S/c1-11(2)10-27-18(26)16-12(3)22-19(28-16)23-17(25)14-9-21-24(13(14)4)15-7-5-6-8-20-15/h5-9,11H,10H2,1-4H3,(H,22,23,25). The lowest BCUT2D eigenvalue weighted by atomic mass is 10.2. The summed E-state index contributed by atoms with van der Waals surface area (Å²) < 4.78 is 6.84. The highest BCUT2D eigenvalue weighted by atomic mass is 32.1. The van der Waals surface area contributed by atoms with Gasteiger partial charge in [0.25, 0.3) is 5.91 Å². The van der Waals surface area contributed by atoms with Gasteiger partial charge in [0, 0.05) is 6.20 Å². The van der Waals surface area contributed by atoms with Crippen LogP contribution in [0.3, 0.4) is 0 Å². The predicted octanol–water partition coefficient (Wildman–Crippen LogP) is 3.41. The Labute approximate surface area is 166 Å². The topological polar surface area (TPSA) is 99.0 Å². The lowest BCUT2D eigenvalue weighted by molar-refractivity contribution is 0.0463. The number of anilines is 1. The second kappa shape index (κ2) is 8.30. The first-order valence-corrected chi connectivity index (χ1v) is 9.60. The summed E-state index contributed by atoms with van der Waals surface area (Å²) in [5, 5.41) is 7.31. The van der Waals surface area contributed by atoms with E-state index in [0.717, 1.165) is 11.3 Å². The largest absolute Gasteiger partial charge is 0.461 e. The third-order valence-electron chi connectivity index (χ3n) is 3.87. The number of esters is 1. The average molecular weight is 399 g/mol. The molecule has 8 nitrogen and oxygen atoms in total. The summed E-state index contributed by atoms with van der Waals surface area (Å²) in [5.41, 5.74) is 1.58. The van der Waals surface area contributed by atoms with Gasteiger partial charge in [0.05, 0.1) is 29.8 Å². The van der Waals surface area contributed by atoms with Gasteiger partial charge in [0.1, 0.15) is 4.88 Å². The molecule has 3 rings (SSSR count). The van der Waals surface area contributed by atoms with Gasteiger partial charge in [-0.3, -0.25) is 10.1 Å². The lowest BCUT2D eigenvalue weighted by Crippen LogP contribution is -2.13. The normalized spacial score (nSPS) is 10.9. The smallest absolute Gasteiger partial charge is 0.350 e. The van der Waals surface area contributed by atoms with Crippen molar-refractivity contribution in [2.75, 3.05) is 11.9 Å². The molecule has 0 aliphatic carbocycles. The van der Waals surface area contributed by atoms with Crippen molar-refractivity contribution in [3.63, 3.8) is 0 Å². The van der Waals surface area contributed by atoms with Crippen LogP contribution in [0.1, 0.15) is 45.3 Å². The van der Waals surface area contributed by atoms with Crippen molar-refractivity contribution in [2.24, 2.45) is 5.92 Å². The van der Waals surface area contributed by atoms with Crippen molar-refractivity contribution >= 4 is 28.3 Å². The van der Waals surface area contributed by atoms with E-state index in [2.05, 4.69) is 20.4 Å². The minimum Gasteiger partial charge on any atom is -0.461 e. The van der Waals surface area contributed by atoms with Crippen molar-refractivity contribution in [3.8, 4) is 5.82 Å². The van der Waals surface area contributed by atoms with Crippen LogP contribution in [-0.2, 0) is 4.74 Å². The third kappa shape index (κ3) is 4.25. The van der Waals surface area contributed by atoms with Crippen LogP contribution in [0.5, 0.6) is 0 Å². The number of rotatable bonds is 6. The molecule has 0 aliphatic heterocycles. The number of carbonyl (C=O) groups is 2. The summed E-state index contributed by atoms with van der Waals surface area (Å²) in [6, 6.07) is 5.47. The van der Waals surface area contributed by atoms with Gasteiger partial charge >= 0.3 is 5.97 Å². The molecule has 0 atom stereocenters. The molecule has 0 fully saturated rings. The van der Waals surface area contributed by atoms with Crippen molar-refractivity contribution < 1.29 is 14.3 Å². The summed E-state index contributed by atoms with van der Waals surface area (Å²) in [4.78, 5) is 33.7. The van der Waals surface area contributed by atoms with Gasteiger partial charge in [0.2, 0.25) is 0 Å². The van der Waals surface area contributed by atoms with Gasteiger partial charge in [-0.05, 0) is 31.9 Å². The molecule has 1 amide bonds. The average Bonchev–Trinajstić information content (AvgIpc) is 3.23. The SMILES string of the molecule is Cc1nc(NC(=O)c2cnn(-c3ccccn3)c2C)sc1C(=O)OCC(C)C. The van der Waals surface area contributed by atoms with Crippen molar-refractivity contribution in [1.29, 1.82) is 0 Å². The van der Waals surface area contributed by atoms with E-state index in [4.69, 9.17) is 4.74 Å². The highest BCUT2D eigenvalue weighted by Gasteiger charge is 2.21. The molecule has 146 valence electrons. The molecule has 0 unspecified atom stereocenters. The number of aromatic nitrogens is 4. The van der Waals surface area contributed by atoms with E-state index in [-0.39, 0.29) is 11.8 Å². The van der Waals surface area contributed by atoms with Crippen LogP contribution < -0.4 is 5.32 Å². The molecule has 0 bridgehead atoms. The fourth-order valence-electron chi connectivity index (χ4n) is 2.45. The van der Waals surface area contributed by atoms with E-state index in [1.807, 2.05) is 26.0 Å². The first-order valence-electron chi connectivity index (χ1n) is 8.78. The number of thiazole rings is 1. The monoisotopic (exact) mass is 399 g/mol. The molecule has 0 radical (unpaired) electrons. The lowest BCUT2D eigenvalue weighted by Gasteiger charge is -2.05. The van der Waals surface area contributed by atoms with Gasteiger partial charge in [-0.25, -0.2) is 19.4 Å². The molecule has 0 aliphatic rings. The molecule has 0 saturated heterocycles. The minimum atomic E-state index is -0.427. The Morgan fingerprint density at radius 3 is 2.75 bits per heavy atom. The van der Waals surface area contributed by atoms with Crippen LogP contribution in [0.25, 0.3) is 5.82 Å². The zero-order valence-electron chi connectivity index (χ0n) is 16.1. The van der Waals surface area contributed by atoms with Gasteiger partial charge in [-0.15, -0.1) is 0 Å². The van der Waals surface area contributed by atoms with E-state index < -0.39 is 5.97 Å². The number of carbonyl (C=O) groups excluding carboxylic acids is 2. The quantitative estimate of drug-likeness (QED) is 0.638. The second-order valence-electron chi connectivity index (χ2n) is 6.62. The number of ether oxygens (including phenoxy) is 1. The maximum atomic E-state index is 12.7. The number of amides is 1.